The SMILES string of the molecule is CC/C=C\C/C=C\C/C=C\C/C=C\C/C=C\C/C=C\C/C=C\C/C=C\CCCCC(=O)OC(CO)COC(=O)CCCCCCCCCCCCCCC/C=C\C/C=C\C/C=C\C/C=C\C/C=C\CC. The van der Waals surface area contributed by atoms with E-state index < -0.39 is 6.10 Å². The fourth-order valence-corrected chi connectivity index (χ4v) is 7.18. The van der Waals surface area contributed by atoms with E-state index in [1.54, 1.807) is 0 Å². The van der Waals surface area contributed by atoms with Gasteiger partial charge < -0.3 is 14.6 Å². The predicted octanol–water partition coefficient (Wildman–Crippen LogP) is 19.2. The molecule has 0 radical (unpaired) electrons. The van der Waals surface area contributed by atoms with Crippen LogP contribution in [0.3, 0.4) is 0 Å². The van der Waals surface area contributed by atoms with Crippen LogP contribution in [-0.4, -0.2) is 36.4 Å². The molecule has 5 nitrogen and oxygen atoms in total. The molecule has 1 N–H and O–H groups in total. The van der Waals surface area contributed by atoms with Crippen LogP contribution in [-0.2, 0) is 19.1 Å². The Kier molecular flexibility index (Phi) is 55.1. The molecule has 0 aliphatic heterocycles. The maximum absolute atomic E-state index is 12.3. The summed E-state index contributed by atoms with van der Waals surface area (Å²) in [5.74, 6) is -0.654. The second-order valence-corrected chi connectivity index (χ2v) is 17.9. The van der Waals surface area contributed by atoms with E-state index in [4.69, 9.17) is 9.47 Å². The summed E-state index contributed by atoms with van der Waals surface area (Å²) in [5, 5.41) is 9.65. The van der Waals surface area contributed by atoms with Gasteiger partial charge in [0, 0.05) is 12.8 Å². The van der Waals surface area contributed by atoms with E-state index in [2.05, 4.69) is 172 Å². The van der Waals surface area contributed by atoms with Gasteiger partial charge in [0.05, 0.1) is 6.61 Å². The lowest BCUT2D eigenvalue weighted by atomic mass is 10.0. The molecular formula is C65H102O5. The molecule has 0 saturated heterocycles. The van der Waals surface area contributed by atoms with Crippen LogP contribution in [0.5, 0.6) is 0 Å². The Bertz CT molecular complexity index is 1560. The highest BCUT2D eigenvalue weighted by molar-refractivity contribution is 5.70. The van der Waals surface area contributed by atoms with E-state index in [0.29, 0.717) is 12.8 Å². The van der Waals surface area contributed by atoms with Crippen LogP contribution in [0.15, 0.2) is 158 Å². The fourth-order valence-electron chi connectivity index (χ4n) is 7.18. The number of hydrogen-bond acceptors (Lipinski definition) is 5. The molecule has 0 amide bonds. The van der Waals surface area contributed by atoms with Crippen molar-refractivity contribution in [1.29, 1.82) is 0 Å². The van der Waals surface area contributed by atoms with Gasteiger partial charge in [-0.15, -0.1) is 0 Å². The third kappa shape index (κ3) is 56.1. The molecule has 5 heteroatoms. The van der Waals surface area contributed by atoms with Crippen LogP contribution in [0.4, 0.5) is 0 Å². The molecule has 1 unspecified atom stereocenters. The molecule has 0 fully saturated rings. The molecule has 0 heterocycles. The summed E-state index contributed by atoms with van der Waals surface area (Å²) in [6, 6.07) is 0. The van der Waals surface area contributed by atoms with E-state index in [0.717, 1.165) is 116 Å². The maximum Gasteiger partial charge on any atom is 0.306 e. The van der Waals surface area contributed by atoms with Crippen molar-refractivity contribution >= 4 is 11.9 Å². The maximum atomic E-state index is 12.3. The van der Waals surface area contributed by atoms with Crippen LogP contribution in [0, 0.1) is 0 Å². The lowest BCUT2D eigenvalue weighted by Gasteiger charge is -2.15. The summed E-state index contributed by atoms with van der Waals surface area (Å²) in [6.45, 7) is 3.87. The van der Waals surface area contributed by atoms with Gasteiger partial charge in [0.15, 0.2) is 6.10 Å². The Morgan fingerprint density at radius 1 is 0.329 bits per heavy atom. The Balaban J connectivity index is 3.63. The lowest BCUT2D eigenvalue weighted by Crippen LogP contribution is -2.28. The van der Waals surface area contributed by atoms with E-state index in [-0.39, 0.29) is 31.6 Å². The minimum atomic E-state index is -0.809. The summed E-state index contributed by atoms with van der Waals surface area (Å²) in [4.78, 5) is 24.5. The number of esters is 2. The van der Waals surface area contributed by atoms with Gasteiger partial charge in [-0.2, -0.15) is 0 Å². The van der Waals surface area contributed by atoms with Gasteiger partial charge in [0.2, 0.25) is 0 Å². The molecule has 0 spiro atoms. The molecule has 0 aromatic carbocycles. The number of rotatable bonds is 49. The van der Waals surface area contributed by atoms with Crippen molar-refractivity contribution in [1.82, 2.24) is 0 Å². The first-order valence-electron chi connectivity index (χ1n) is 28.0. The van der Waals surface area contributed by atoms with Gasteiger partial charge in [-0.1, -0.05) is 242 Å². The highest BCUT2D eigenvalue weighted by Gasteiger charge is 2.16. The minimum absolute atomic E-state index is 0.0947. The highest BCUT2D eigenvalue weighted by atomic mass is 16.6. The number of aliphatic hydroxyl groups excluding tert-OH is 1. The van der Waals surface area contributed by atoms with Crippen molar-refractivity contribution in [2.45, 2.75) is 225 Å². The standard InChI is InChI=1S/C65H102O5/c1-3-5-7-9-11-13-15-17-19-21-23-25-27-29-31-32-34-35-37-39-41-43-45-47-49-51-53-55-57-59-64(67)69-62-63(61-66)70-65(68)60-58-56-54-52-50-48-46-44-42-40-38-36-33-30-28-26-24-22-20-18-16-14-12-10-8-6-4-2/h5-8,11-14,17-20,23-26,29-31,33,38,40,44,46,50,52,63,66H,3-4,9-10,15-16,21-22,27-28,32,34-37,39,41-43,45,47-49,51,53-62H2,1-2H3/b7-5-,8-6-,13-11-,14-12-,19-17-,20-18-,25-23-,26-24-,31-29-,33-30-,40-38-,46-44-,52-50-. The monoisotopic (exact) mass is 963 g/mol. The zero-order valence-corrected chi connectivity index (χ0v) is 44.7. The fraction of sp³-hybridized carbons (Fsp3) is 0.569. The van der Waals surface area contributed by atoms with Crippen LogP contribution < -0.4 is 0 Å². The van der Waals surface area contributed by atoms with Crippen LogP contribution in [0.2, 0.25) is 0 Å². The predicted molar refractivity (Wildman–Crippen MR) is 306 cm³/mol. The highest BCUT2D eigenvalue weighted by Crippen LogP contribution is 2.14. The summed E-state index contributed by atoms with van der Waals surface area (Å²) < 4.78 is 10.7. The summed E-state index contributed by atoms with van der Waals surface area (Å²) in [6.07, 6.45) is 90.6. The number of hydrogen-bond donors (Lipinski definition) is 1. The van der Waals surface area contributed by atoms with Crippen LogP contribution >= 0.6 is 0 Å². The molecule has 70 heavy (non-hydrogen) atoms. The molecular weight excluding hydrogens is 861 g/mol. The van der Waals surface area contributed by atoms with Gasteiger partial charge in [0.1, 0.15) is 6.61 Å². The number of carbonyl (C=O) groups excluding carboxylic acids is 2. The summed E-state index contributed by atoms with van der Waals surface area (Å²) in [5.41, 5.74) is 0. The van der Waals surface area contributed by atoms with Gasteiger partial charge in [-0.3, -0.25) is 9.59 Å². The Labute approximate surface area is 430 Å². The molecule has 0 rings (SSSR count). The van der Waals surface area contributed by atoms with Crippen molar-refractivity contribution in [3.63, 3.8) is 0 Å². The molecule has 0 aromatic heterocycles. The molecule has 0 aromatic rings. The molecule has 392 valence electrons. The van der Waals surface area contributed by atoms with E-state index in [9.17, 15) is 14.7 Å². The normalized spacial score (nSPS) is 13.5. The van der Waals surface area contributed by atoms with Gasteiger partial charge in [0.25, 0.3) is 0 Å². The number of carbonyl (C=O) groups is 2. The number of allylic oxidation sites excluding steroid dienone is 26. The molecule has 0 aliphatic rings. The Hall–Kier alpha value is -4.48. The second kappa shape index (κ2) is 58.8. The third-order valence-electron chi connectivity index (χ3n) is 11.3. The molecule has 1 atom stereocenters. The van der Waals surface area contributed by atoms with Crippen molar-refractivity contribution in [2.24, 2.45) is 0 Å². The first-order valence-corrected chi connectivity index (χ1v) is 28.0. The largest absolute Gasteiger partial charge is 0.462 e. The van der Waals surface area contributed by atoms with Crippen molar-refractivity contribution in [2.75, 3.05) is 13.2 Å². The molecule has 0 aliphatic carbocycles. The van der Waals surface area contributed by atoms with E-state index in [1.807, 2.05) is 0 Å². The first kappa shape index (κ1) is 65.5. The van der Waals surface area contributed by atoms with Crippen molar-refractivity contribution < 1.29 is 24.2 Å². The smallest absolute Gasteiger partial charge is 0.306 e. The minimum Gasteiger partial charge on any atom is -0.462 e. The summed E-state index contributed by atoms with van der Waals surface area (Å²) >= 11 is 0. The third-order valence-corrected chi connectivity index (χ3v) is 11.3. The topological polar surface area (TPSA) is 72.8 Å². The van der Waals surface area contributed by atoms with Crippen LogP contribution in [0.1, 0.15) is 219 Å². The van der Waals surface area contributed by atoms with Crippen molar-refractivity contribution in [3.05, 3.63) is 158 Å². The number of unbranched alkanes of at least 4 members (excludes halogenated alkanes) is 15. The average molecular weight is 964 g/mol. The number of aliphatic hydroxyl groups is 1. The average Bonchev–Trinajstić information content (AvgIpc) is 3.36. The van der Waals surface area contributed by atoms with E-state index >= 15 is 0 Å². The molecule has 0 bridgehead atoms. The van der Waals surface area contributed by atoms with Gasteiger partial charge in [-0.05, 0) is 122 Å². The lowest BCUT2D eigenvalue weighted by molar-refractivity contribution is -0.161. The summed E-state index contributed by atoms with van der Waals surface area (Å²) in [7, 11) is 0. The van der Waals surface area contributed by atoms with Crippen molar-refractivity contribution in [3.8, 4) is 0 Å². The first-order chi connectivity index (χ1) is 34.6. The zero-order valence-electron chi connectivity index (χ0n) is 44.7. The molecule has 0 saturated carbocycles. The quantitative estimate of drug-likeness (QED) is 0.0374. The Morgan fingerprint density at radius 2 is 0.571 bits per heavy atom. The van der Waals surface area contributed by atoms with Gasteiger partial charge >= 0.3 is 11.9 Å². The zero-order chi connectivity index (χ0) is 50.6. The van der Waals surface area contributed by atoms with E-state index in [1.165, 1.54) is 70.6 Å². The second-order valence-electron chi connectivity index (χ2n) is 17.9. The van der Waals surface area contributed by atoms with Crippen LogP contribution in [0.25, 0.3) is 0 Å². The van der Waals surface area contributed by atoms with Gasteiger partial charge in [-0.25, -0.2) is 0 Å². The number of ether oxygens (including phenoxy) is 2. The Morgan fingerprint density at radius 3 is 0.886 bits per heavy atom.